The zero-order chi connectivity index (χ0) is 20.2. The van der Waals surface area contributed by atoms with E-state index >= 15 is 0 Å². The minimum absolute atomic E-state index is 0.152. The second-order valence-corrected chi connectivity index (χ2v) is 7.15. The van der Waals surface area contributed by atoms with Crippen LogP contribution in [0.3, 0.4) is 0 Å². The van der Waals surface area contributed by atoms with Crippen LogP contribution >= 0.6 is 0 Å². The van der Waals surface area contributed by atoms with Gasteiger partial charge < -0.3 is 29.6 Å². The topological polar surface area (TPSA) is 118 Å². The summed E-state index contributed by atoms with van der Waals surface area (Å²) in [4.78, 5) is 12.6. The van der Waals surface area contributed by atoms with Gasteiger partial charge in [0.1, 0.15) is 18.6 Å². The maximum Gasteiger partial charge on any atom is 0.165 e. The van der Waals surface area contributed by atoms with Crippen molar-refractivity contribution in [3.05, 3.63) is 48.5 Å². The van der Waals surface area contributed by atoms with Gasteiger partial charge >= 0.3 is 0 Å². The highest BCUT2D eigenvalue weighted by Gasteiger charge is 2.44. The molecule has 0 unspecified atom stereocenters. The molecule has 0 spiro atoms. The number of methoxy groups -OCH3 is 1. The summed E-state index contributed by atoms with van der Waals surface area (Å²) in [7, 11) is 1.58. The number of nitrogens with zero attached hydrogens (tertiary/aromatic N) is 4. The fourth-order valence-electron chi connectivity index (χ4n) is 3.89. The molecule has 4 atom stereocenters. The van der Waals surface area contributed by atoms with E-state index in [1.807, 2.05) is 34.9 Å². The highest BCUT2D eigenvalue weighted by Crippen LogP contribution is 2.39. The van der Waals surface area contributed by atoms with E-state index in [4.69, 9.17) is 19.9 Å². The molecule has 3 N–H and O–H groups in total. The molecule has 1 aliphatic rings. The molecule has 154 valence electrons. The molecule has 0 saturated heterocycles. The number of aromatic nitrogens is 4. The van der Waals surface area contributed by atoms with Crippen molar-refractivity contribution in [2.45, 2.75) is 31.3 Å². The summed E-state index contributed by atoms with van der Waals surface area (Å²) in [6, 6.07) is 9.67. The Kier molecular flexibility index (Phi) is 6.00. The van der Waals surface area contributed by atoms with E-state index in [2.05, 4.69) is 15.0 Å². The van der Waals surface area contributed by atoms with Crippen molar-refractivity contribution in [3.63, 3.8) is 0 Å². The van der Waals surface area contributed by atoms with Gasteiger partial charge in [-0.3, -0.25) is 0 Å². The average molecular weight is 399 g/mol. The van der Waals surface area contributed by atoms with Crippen molar-refractivity contribution < 1.29 is 19.3 Å². The van der Waals surface area contributed by atoms with Crippen LogP contribution in [0.1, 0.15) is 18.0 Å². The molecule has 0 bridgehead atoms. The van der Waals surface area contributed by atoms with Crippen molar-refractivity contribution in [1.82, 2.24) is 19.5 Å². The molecular formula is C20H25N5O4. The number of aliphatic hydroxyl groups is 1. The SMILES string of the molecule is COCO[C@H]1C[C@@H](n2cnc3c(N)ncnc32)[C@H](O)[C@@H]1COCc1ccccc1. The Labute approximate surface area is 168 Å². The Bertz CT molecular complexity index is 935. The van der Waals surface area contributed by atoms with E-state index in [9.17, 15) is 5.11 Å². The van der Waals surface area contributed by atoms with Gasteiger partial charge in [-0.1, -0.05) is 30.3 Å². The van der Waals surface area contributed by atoms with Gasteiger partial charge in [-0.2, -0.15) is 0 Å². The normalized spacial score (nSPS) is 24.3. The number of benzene rings is 1. The minimum Gasteiger partial charge on any atom is -0.390 e. The van der Waals surface area contributed by atoms with Gasteiger partial charge in [-0.25, -0.2) is 15.0 Å². The number of nitrogen functional groups attached to an aromatic ring is 1. The largest absolute Gasteiger partial charge is 0.390 e. The lowest BCUT2D eigenvalue weighted by Gasteiger charge is -2.23. The highest BCUT2D eigenvalue weighted by atomic mass is 16.7. The number of imidazole rings is 1. The number of nitrogens with two attached hydrogens (primary N) is 1. The summed E-state index contributed by atoms with van der Waals surface area (Å²) in [6.45, 7) is 0.993. The van der Waals surface area contributed by atoms with Gasteiger partial charge in [-0.05, 0) is 12.0 Å². The van der Waals surface area contributed by atoms with Gasteiger partial charge in [0.05, 0.1) is 37.8 Å². The summed E-state index contributed by atoms with van der Waals surface area (Å²) >= 11 is 0. The van der Waals surface area contributed by atoms with Crippen LogP contribution < -0.4 is 5.73 Å². The molecule has 1 aromatic carbocycles. The van der Waals surface area contributed by atoms with E-state index in [0.717, 1.165) is 5.56 Å². The molecule has 1 fully saturated rings. The Balaban J connectivity index is 1.51. The lowest BCUT2D eigenvalue weighted by Crippen LogP contribution is -2.32. The average Bonchev–Trinajstić information content (AvgIpc) is 3.30. The van der Waals surface area contributed by atoms with Gasteiger partial charge in [0.15, 0.2) is 11.5 Å². The van der Waals surface area contributed by atoms with Crippen LogP contribution in [0.25, 0.3) is 11.2 Å². The number of hydrogen-bond donors (Lipinski definition) is 2. The molecular weight excluding hydrogens is 374 g/mol. The first-order chi connectivity index (χ1) is 14.2. The van der Waals surface area contributed by atoms with Gasteiger partial charge in [0, 0.05) is 13.0 Å². The fourth-order valence-corrected chi connectivity index (χ4v) is 3.89. The Morgan fingerprint density at radius 3 is 2.83 bits per heavy atom. The third-order valence-electron chi connectivity index (χ3n) is 5.35. The second-order valence-electron chi connectivity index (χ2n) is 7.15. The molecule has 3 aromatic rings. The lowest BCUT2D eigenvalue weighted by molar-refractivity contribution is -0.104. The Hall–Kier alpha value is -2.59. The second kappa shape index (κ2) is 8.83. The van der Waals surface area contributed by atoms with Crippen LogP contribution in [0.5, 0.6) is 0 Å². The van der Waals surface area contributed by atoms with E-state index in [-0.39, 0.29) is 24.9 Å². The molecule has 4 rings (SSSR count). The summed E-state index contributed by atoms with van der Waals surface area (Å²) in [5, 5.41) is 11.1. The first kappa shape index (κ1) is 19.7. The quantitative estimate of drug-likeness (QED) is 0.548. The molecule has 9 heteroatoms. The lowest BCUT2D eigenvalue weighted by atomic mass is 10.0. The van der Waals surface area contributed by atoms with Gasteiger partial charge in [0.2, 0.25) is 0 Å². The van der Waals surface area contributed by atoms with E-state index in [0.29, 0.717) is 36.6 Å². The third kappa shape index (κ3) is 4.08. The smallest absolute Gasteiger partial charge is 0.165 e. The molecule has 0 radical (unpaired) electrons. The number of anilines is 1. The first-order valence-electron chi connectivity index (χ1n) is 9.52. The van der Waals surface area contributed by atoms with Crippen molar-refractivity contribution in [1.29, 1.82) is 0 Å². The highest BCUT2D eigenvalue weighted by molar-refractivity contribution is 5.81. The third-order valence-corrected chi connectivity index (χ3v) is 5.35. The van der Waals surface area contributed by atoms with Crippen molar-refractivity contribution in [2.75, 3.05) is 26.2 Å². The Morgan fingerprint density at radius 2 is 2.03 bits per heavy atom. The van der Waals surface area contributed by atoms with Crippen molar-refractivity contribution >= 4 is 17.0 Å². The molecule has 0 amide bonds. The van der Waals surface area contributed by atoms with E-state index in [1.54, 1.807) is 13.4 Å². The van der Waals surface area contributed by atoms with Gasteiger partial charge in [-0.15, -0.1) is 0 Å². The molecule has 2 aromatic heterocycles. The van der Waals surface area contributed by atoms with Crippen molar-refractivity contribution in [3.8, 4) is 0 Å². The zero-order valence-electron chi connectivity index (χ0n) is 16.2. The van der Waals surface area contributed by atoms with E-state index < -0.39 is 6.10 Å². The van der Waals surface area contributed by atoms with Crippen LogP contribution in [-0.4, -0.2) is 57.3 Å². The summed E-state index contributed by atoms with van der Waals surface area (Å²) in [6.07, 6.45) is 2.71. The monoisotopic (exact) mass is 399 g/mol. The summed E-state index contributed by atoms with van der Waals surface area (Å²) in [5.74, 6) is 0.103. The molecule has 1 saturated carbocycles. The van der Waals surface area contributed by atoms with Crippen molar-refractivity contribution in [2.24, 2.45) is 5.92 Å². The fraction of sp³-hybridized carbons (Fsp3) is 0.450. The maximum atomic E-state index is 11.1. The minimum atomic E-state index is -0.693. The maximum absolute atomic E-state index is 11.1. The predicted molar refractivity (Wildman–Crippen MR) is 106 cm³/mol. The van der Waals surface area contributed by atoms with E-state index in [1.165, 1.54) is 6.33 Å². The molecule has 0 aliphatic heterocycles. The van der Waals surface area contributed by atoms with Crippen LogP contribution in [0.2, 0.25) is 0 Å². The number of fused-ring (bicyclic) bond motifs is 1. The number of rotatable bonds is 8. The predicted octanol–water partition coefficient (Wildman–Crippen LogP) is 1.54. The van der Waals surface area contributed by atoms with Crippen LogP contribution in [0.4, 0.5) is 5.82 Å². The number of hydrogen-bond acceptors (Lipinski definition) is 8. The number of aliphatic hydroxyl groups excluding tert-OH is 1. The summed E-state index contributed by atoms with van der Waals surface area (Å²) in [5.41, 5.74) is 8.10. The standard InChI is InChI=1S/C20H25N5O4/c1-27-12-29-16-7-15(25-11-24-17-19(21)22-10-23-20(17)25)18(26)14(16)9-28-8-13-5-3-2-4-6-13/h2-6,10-11,14-16,18,26H,7-9,12H2,1H3,(H2,21,22,23)/t14-,15-,16+,18-/m1/s1. The van der Waals surface area contributed by atoms with Gasteiger partial charge in [0.25, 0.3) is 0 Å². The van der Waals surface area contributed by atoms with Crippen LogP contribution in [0.15, 0.2) is 43.0 Å². The first-order valence-corrected chi connectivity index (χ1v) is 9.52. The molecule has 2 heterocycles. The Morgan fingerprint density at radius 1 is 1.21 bits per heavy atom. The molecule has 1 aliphatic carbocycles. The molecule has 9 nitrogen and oxygen atoms in total. The van der Waals surface area contributed by atoms with Crippen LogP contribution in [0, 0.1) is 5.92 Å². The number of ether oxygens (including phenoxy) is 3. The summed E-state index contributed by atoms with van der Waals surface area (Å²) < 4.78 is 18.7. The zero-order valence-corrected chi connectivity index (χ0v) is 16.2. The molecule has 29 heavy (non-hydrogen) atoms. The van der Waals surface area contributed by atoms with Crippen LogP contribution in [-0.2, 0) is 20.8 Å².